The number of hydrogen-bond donors (Lipinski definition) is 2. The van der Waals surface area contributed by atoms with Crippen LogP contribution in [0.1, 0.15) is 36.0 Å². The van der Waals surface area contributed by atoms with E-state index in [4.69, 9.17) is 0 Å². The lowest BCUT2D eigenvalue weighted by Crippen LogP contribution is -2.41. The number of pyridine rings is 1. The fraction of sp³-hybridized carbons (Fsp3) is 0.455. The third-order valence-corrected chi connectivity index (χ3v) is 7.40. The molecule has 0 radical (unpaired) electrons. The van der Waals surface area contributed by atoms with Crippen LogP contribution in [0, 0.1) is 11.7 Å². The van der Waals surface area contributed by atoms with Crippen LogP contribution in [0.2, 0.25) is 0 Å². The van der Waals surface area contributed by atoms with Crippen molar-refractivity contribution in [2.75, 3.05) is 42.3 Å². The number of likely N-dealkylation sites (tertiary alicyclic amines) is 1. The Morgan fingerprint density at radius 2 is 1.88 bits per heavy atom. The lowest BCUT2D eigenvalue weighted by atomic mass is 9.97. The third-order valence-electron chi connectivity index (χ3n) is 6.02. The monoisotopic (exact) mass is 462 g/mol. The Bertz CT molecular complexity index is 1070. The number of nitrogens with one attached hydrogen (secondary N) is 1. The number of rotatable bonds is 7. The average molecular weight is 463 g/mol. The molecule has 32 heavy (non-hydrogen) atoms. The number of carboxylic acids is 1. The van der Waals surface area contributed by atoms with Gasteiger partial charge in [-0.3, -0.25) is 4.72 Å². The van der Waals surface area contributed by atoms with Crippen LogP contribution in [-0.4, -0.2) is 62.1 Å². The fourth-order valence-electron chi connectivity index (χ4n) is 4.46. The van der Waals surface area contributed by atoms with Crippen LogP contribution in [0.5, 0.6) is 0 Å². The van der Waals surface area contributed by atoms with Gasteiger partial charge >= 0.3 is 5.97 Å². The summed E-state index contributed by atoms with van der Waals surface area (Å²) in [6.45, 7) is 4.66. The van der Waals surface area contributed by atoms with Crippen molar-refractivity contribution in [2.24, 2.45) is 5.92 Å². The highest BCUT2D eigenvalue weighted by Gasteiger charge is 2.27. The zero-order valence-electron chi connectivity index (χ0n) is 17.7. The van der Waals surface area contributed by atoms with Crippen molar-refractivity contribution in [3.05, 3.63) is 47.9 Å². The Hall–Kier alpha value is -2.72. The Kier molecular flexibility index (Phi) is 6.61. The first-order valence-electron chi connectivity index (χ1n) is 10.8. The molecule has 8 nitrogen and oxygen atoms in total. The van der Waals surface area contributed by atoms with Crippen molar-refractivity contribution >= 4 is 27.5 Å². The molecule has 1 aromatic heterocycles. The molecular weight excluding hydrogens is 435 g/mol. The second-order valence-electron chi connectivity index (χ2n) is 8.42. The maximum absolute atomic E-state index is 13.2. The van der Waals surface area contributed by atoms with Crippen LogP contribution >= 0.6 is 0 Å². The topological polar surface area (TPSA) is 103 Å². The van der Waals surface area contributed by atoms with E-state index in [2.05, 4.69) is 14.6 Å². The molecule has 1 unspecified atom stereocenters. The zero-order chi connectivity index (χ0) is 22.7. The van der Waals surface area contributed by atoms with Crippen molar-refractivity contribution in [1.82, 2.24) is 9.88 Å². The molecule has 0 spiro atoms. The van der Waals surface area contributed by atoms with E-state index in [1.807, 2.05) is 4.90 Å². The molecule has 2 aromatic rings. The molecule has 2 fully saturated rings. The summed E-state index contributed by atoms with van der Waals surface area (Å²) in [6.07, 6.45) is 5.74. The van der Waals surface area contributed by atoms with Gasteiger partial charge in [-0.25, -0.2) is 22.6 Å². The standard InChI is InChI=1S/C22H27FN4O4S/c23-18-5-7-19(8-6-18)32(30,31)25-20-12-17(22(28)29)13-24-21(20)27-11-3-4-16(15-27)14-26-9-1-2-10-26/h5-8,12-13,16,25H,1-4,9-11,14-15H2,(H,28,29). The number of piperidine rings is 1. The number of carbonyl (C=O) groups is 1. The number of halogens is 1. The van der Waals surface area contributed by atoms with Crippen molar-refractivity contribution in [2.45, 2.75) is 30.6 Å². The molecule has 1 atom stereocenters. The van der Waals surface area contributed by atoms with Crippen molar-refractivity contribution in [3.8, 4) is 0 Å². The molecule has 172 valence electrons. The highest BCUT2D eigenvalue weighted by Crippen LogP contribution is 2.31. The number of hydrogen-bond acceptors (Lipinski definition) is 6. The van der Waals surface area contributed by atoms with Gasteiger partial charge in [-0.1, -0.05) is 0 Å². The predicted octanol–water partition coefficient (Wildman–Crippen LogP) is 3.03. The molecule has 0 saturated carbocycles. The van der Waals surface area contributed by atoms with Crippen LogP contribution < -0.4 is 9.62 Å². The Morgan fingerprint density at radius 3 is 2.56 bits per heavy atom. The van der Waals surface area contributed by atoms with Crippen LogP contribution in [0.3, 0.4) is 0 Å². The van der Waals surface area contributed by atoms with Crippen LogP contribution in [0.4, 0.5) is 15.9 Å². The number of nitrogens with zero attached hydrogens (tertiary/aromatic N) is 3. The molecule has 10 heteroatoms. The predicted molar refractivity (Wildman–Crippen MR) is 119 cm³/mol. The first-order valence-corrected chi connectivity index (χ1v) is 12.3. The number of sulfonamides is 1. The molecule has 2 aliphatic heterocycles. The molecule has 2 saturated heterocycles. The molecule has 0 amide bonds. The number of aromatic carboxylic acids is 1. The van der Waals surface area contributed by atoms with E-state index in [9.17, 15) is 22.7 Å². The zero-order valence-corrected chi connectivity index (χ0v) is 18.5. The van der Waals surface area contributed by atoms with Crippen LogP contribution in [-0.2, 0) is 10.0 Å². The van der Waals surface area contributed by atoms with E-state index in [0.717, 1.165) is 51.2 Å². The normalized spacial score (nSPS) is 19.8. The Balaban J connectivity index is 1.60. The van der Waals surface area contributed by atoms with Gasteiger partial charge in [0.1, 0.15) is 5.82 Å². The summed E-state index contributed by atoms with van der Waals surface area (Å²) in [5.41, 5.74) is -0.00719. The smallest absolute Gasteiger partial charge is 0.337 e. The van der Waals surface area contributed by atoms with Gasteiger partial charge in [0.05, 0.1) is 16.1 Å². The summed E-state index contributed by atoms with van der Waals surface area (Å²) in [6, 6.07) is 5.75. The number of benzene rings is 1. The molecule has 2 aliphatic rings. The van der Waals surface area contributed by atoms with Gasteiger partial charge in [-0.15, -0.1) is 0 Å². The Labute approximate surface area is 187 Å². The highest BCUT2D eigenvalue weighted by molar-refractivity contribution is 7.92. The minimum atomic E-state index is -4.05. The SMILES string of the molecule is O=C(O)c1cnc(N2CCCC(CN3CCCC3)C2)c(NS(=O)(=O)c2ccc(F)cc2)c1. The molecule has 0 bridgehead atoms. The van der Waals surface area contributed by atoms with E-state index in [1.54, 1.807) is 0 Å². The van der Waals surface area contributed by atoms with E-state index >= 15 is 0 Å². The minimum Gasteiger partial charge on any atom is -0.478 e. The van der Waals surface area contributed by atoms with Crippen LogP contribution in [0.15, 0.2) is 41.4 Å². The lowest BCUT2D eigenvalue weighted by molar-refractivity contribution is 0.0696. The number of anilines is 2. The number of carboxylic acid groups (broad SMARTS) is 1. The van der Waals surface area contributed by atoms with Crippen molar-refractivity contribution < 1.29 is 22.7 Å². The van der Waals surface area contributed by atoms with E-state index in [0.29, 0.717) is 18.3 Å². The molecular formula is C22H27FN4O4S. The van der Waals surface area contributed by atoms with Gasteiger partial charge in [-0.05, 0) is 75.0 Å². The maximum atomic E-state index is 13.2. The van der Waals surface area contributed by atoms with Crippen LogP contribution in [0.25, 0.3) is 0 Å². The van der Waals surface area contributed by atoms with E-state index < -0.39 is 21.8 Å². The van der Waals surface area contributed by atoms with Gasteiger partial charge < -0.3 is 14.9 Å². The van der Waals surface area contributed by atoms with Gasteiger partial charge in [0.25, 0.3) is 10.0 Å². The molecule has 3 heterocycles. The average Bonchev–Trinajstić information content (AvgIpc) is 3.27. The second kappa shape index (κ2) is 9.41. The summed E-state index contributed by atoms with van der Waals surface area (Å²) in [5.74, 6) is -0.899. The van der Waals surface area contributed by atoms with Gasteiger partial charge in [-0.2, -0.15) is 0 Å². The quantitative estimate of drug-likeness (QED) is 0.652. The summed E-state index contributed by atoms with van der Waals surface area (Å²) in [4.78, 5) is 20.2. The summed E-state index contributed by atoms with van der Waals surface area (Å²) >= 11 is 0. The number of aromatic nitrogens is 1. The maximum Gasteiger partial charge on any atom is 0.337 e. The highest BCUT2D eigenvalue weighted by atomic mass is 32.2. The molecule has 2 N–H and O–H groups in total. The van der Waals surface area contributed by atoms with Gasteiger partial charge in [0.15, 0.2) is 5.82 Å². The minimum absolute atomic E-state index is 0.107. The molecule has 0 aliphatic carbocycles. The Morgan fingerprint density at radius 1 is 1.16 bits per heavy atom. The largest absolute Gasteiger partial charge is 0.478 e. The van der Waals surface area contributed by atoms with E-state index in [1.165, 1.54) is 37.2 Å². The first-order chi connectivity index (χ1) is 15.3. The lowest BCUT2D eigenvalue weighted by Gasteiger charge is -2.36. The van der Waals surface area contributed by atoms with Gasteiger partial charge in [0.2, 0.25) is 0 Å². The summed E-state index contributed by atoms with van der Waals surface area (Å²) in [5, 5.41) is 9.38. The van der Waals surface area contributed by atoms with Gasteiger partial charge in [0, 0.05) is 25.8 Å². The van der Waals surface area contributed by atoms with Crippen molar-refractivity contribution in [1.29, 1.82) is 0 Å². The van der Waals surface area contributed by atoms with Crippen molar-refractivity contribution in [3.63, 3.8) is 0 Å². The fourth-order valence-corrected chi connectivity index (χ4v) is 5.51. The summed E-state index contributed by atoms with van der Waals surface area (Å²) < 4.78 is 41.5. The summed E-state index contributed by atoms with van der Waals surface area (Å²) in [7, 11) is -4.05. The third kappa shape index (κ3) is 5.18. The van der Waals surface area contributed by atoms with E-state index in [-0.39, 0.29) is 16.1 Å². The molecule has 1 aromatic carbocycles. The second-order valence-corrected chi connectivity index (χ2v) is 10.1. The first kappa shape index (κ1) is 22.5. The molecule has 4 rings (SSSR count).